The summed E-state index contributed by atoms with van der Waals surface area (Å²) in [6, 6.07) is 15.8. The molecule has 0 fully saturated rings. The van der Waals surface area contributed by atoms with E-state index in [9.17, 15) is 0 Å². The second-order valence-corrected chi connectivity index (χ2v) is 4.38. The van der Waals surface area contributed by atoms with Crippen LogP contribution >= 0.6 is 0 Å². The Labute approximate surface area is 111 Å². The van der Waals surface area contributed by atoms with Crippen molar-refractivity contribution in [3.63, 3.8) is 0 Å². The normalized spacial score (nSPS) is 10.5. The Morgan fingerprint density at radius 2 is 1.95 bits per heavy atom. The van der Waals surface area contributed by atoms with Crippen LogP contribution < -0.4 is 11.1 Å². The molecule has 4 nitrogen and oxygen atoms in total. The summed E-state index contributed by atoms with van der Waals surface area (Å²) in [4.78, 5) is 0. The number of nitrogens with one attached hydrogen (secondary N) is 1. The molecule has 0 aliphatic rings. The van der Waals surface area contributed by atoms with Gasteiger partial charge in [0.2, 0.25) is 0 Å². The molecule has 19 heavy (non-hydrogen) atoms. The molecule has 1 aromatic heterocycles. The summed E-state index contributed by atoms with van der Waals surface area (Å²) < 4.78 is 0. The van der Waals surface area contributed by atoms with Crippen LogP contribution in [0, 0.1) is 0 Å². The molecular formula is C15H14N4. The highest BCUT2D eigenvalue weighted by molar-refractivity contribution is 5.90. The number of aromatic nitrogens is 2. The Bertz CT molecular complexity index is 704. The minimum Gasteiger partial charge on any atom is -0.399 e. The lowest BCUT2D eigenvalue weighted by Crippen LogP contribution is -2.03. The molecule has 0 bridgehead atoms. The number of nitrogens with two attached hydrogens (primary N) is 1. The van der Waals surface area contributed by atoms with Crippen molar-refractivity contribution in [2.45, 2.75) is 6.54 Å². The summed E-state index contributed by atoms with van der Waals surface area (Å²) in [7, 11) is 0. The predicted octanol–water partition coefficient (Wildman–Crippen LogP) is 2.82. The fourth-order valence-corrected chi connectivity index (χ4v) is 2.05. The molecule has 0 radical (unpaired) electrons. The lowest BCUT2D eigenvalue weighted by atomic mass is 10.2. The van der Waals surface area contributed by atoms with E-state index in [4.69, 9.17) is 5.73 Å². The highest BCUT2D eigenvalue weighted by Gasteiger charge is 2.02. The van der Waals surface area contributed by atoms with Gasteiger partial charge in [0.15, 0.2) is 5.82 Å². The molecule has 0 saturated carbocycles. The fourth-order valence-electron chi connectivity index (χ4n) is 2.05. The molecule has 0 saturated heterocycles. The Morgan fingerprint density at radius 3 is 2.84 bits per heavy atom. The lowest BCUT2D eigenvalue weighted by molar-refractivity contribution is 1.02. The van der Waals surface area contributed by atoms with Crippen LogP contribution in [0.2, 0.25) is 0 Å². The van der Waals surface area contributed by atoms with Crippen LogP contribution in [-0.4, -0.2) is 10.2 Å². The fraction of sp³-hybridized carbons (Fsp3) is 0.0667. The van der Waals surface area contributed by atoms with Crippen molar-refractivity contribution < 1.29 is 0 Å². The van der Waals surface area contributed by atoms with Gasteiger partial charge in [-0.2, -0.15) is 5.10 Å². The van der Waals surface area contributed by atoms with Gasteiger partial charge in [-0.3, -0.25) is 0 Å². The molecule has 0 aliphatic carbocycles. The minimum absolute atomic E-state index is 0.674. The van der Waals surface area contributed by atoms with Gasteiger partial charge in [0.05, 0.1) is 6.20 Å². The van der Waals surface area contributed by atoms with E-state index in [0.29, 0.717) is 6.54 Å². The molecule has 94 valence electrons. The van der Waals surface area contributed by atoms with Gasteiger partial charge in [-0.25, -0.2) is 0 Å². The molecule has 0 spiro atoms. The van der Waals surface area contributed by atoms with Gasteiger partial charge in [-0.15, -0.1) is 5.10 Å². The summed E-state index contributed by atoms with van der Waals surface area (Å²) in [5.74, 6) is 0.792. The van der Waals surface area contributed by atoms with E-state index in [-0.39, 0.29) is 0 Å². The van der Waals surface area contributed by atoms with E-state index in [2.05, 4.69) is 15.5 Å². The van der Waals surface area contributed by atoms with E-state index in [1.165, 1.54) is 0 Å². The van der Waals surface area contributed by atoms with Crippen molar-refractivity contribution >= 4 is 22.3 Å². The molecule has 0 amide bonds. The minimum atomic E-state index is 0.674. The maximum Gasteiger partial charge on any atom is 0.156 e. The molecule has 2 aromatic carbocycles. The van der Waals surface area contributed by atoms with Crippen LogP contribution in [0.4, 0.5) is 11.5 Å². The number of hydrogen-bond donors (Lipinski definition) is 2. The first-order valence-corrected chi connectivity index (χ1v) is 6.11. The van der Waals surface area contributed by atoms with Gasteiger partial charge in [0, 0.05) is 23.0 Å². The van der Waals surface area contributed by atoms with E-state index in [1.807, 2.05) is 48.5 Å². The van der Waals surface area contributed by atoms with Crippen molar-refractivity contribution in [3.05, 3.63) is 60.3 Å². The molecule has 0 unspecified atom stereocenters. The maximum atomic E-state index is 5.76. The van der Waals surface area contributed by atoms with E-state index < -0.39 is 0 Å². The smallest absolute Gasteiger partial charge is 0.156 e. The van der Waals surface area contributed by atoms with Crippen LogP contribution in [-0.2, 0) is 6.54 Å². The van der Waals surface area contributed by atoms with Gasteiger partial charge in [-0.1, -0.05) is 36.4 Å². The topological polar surface area (TPSA) is 63.8 Å². The average molecular weight is 250 g/mol. The Balaban J connectivity index is 1.86. The van der Waals surface area contributed by atoms with Gasteiger partial charge < -0.3 is 11.1 Å². The number of benzene rings is 2. The average Bonchev–Trinajstić information content (AvgIpc) is 2.45. The zero-order chi connectivity index (χ0) is 13.1. The largest absolute Gasteiger partial charge is 0.399 e. The van der Waals surface area contributed by atoms with E-state index in [0.717, 1.165) is 27.8 Å². The first-order valence-electron chi connectivity index (χ1n) is 6.11. The van der Waals surface area contributed by atoms with Crippen LogP contribution in [0.15, 0.2) is 54.7 Å². The van der Waals surface area contributed by atoms with Crippen molar-refractivity contribution in [2.75, 3.05) is 11.1 Å². The monoisotopic (exact) mass is 250 g/mol. The number of nitrogen functional groups attached to an aromatic ring is 1. The number of rotatable bonds is 3. The molecule has 4 heteroatoms. The van der Waals surface area contributed by atoms with Crippen molar-refractivity contribution in [1.29, 1.82) is 0 Å². The highest BCUT2D eigenvalue weighted by Crippen LogP contribution is 2.20. The standard InChI is InChI=1S/C15H14N4/c16-13-6-3-4-11(8-13)9-17-15-14-7-2-1-5-12(14)10-18-19-15/h1-8,10H,9,16H2,(H,17,19). The third-order valence-electron chi connectivity index (χ3n) is 2.98. The summed E-state index contributed by atoms with van der Waals surface area (Å²) in [6.45, 7) is 0.674. The van der Waals surface area contributed by atoms with E-state index in [1.54, 1.807) is 6.20 Å². The Kier molecular flexibility index (Phi) is 2.98. The molecule has 3 N–H and O–H groups in total. The summed E-state index contributed by atoms with van der Waals surface area (Å²) in [5.41, 5.74) is 7.65. The van der Waals surface area contributed by atoms with Crippen LogP contribution in [0.5, 0.6) is 0 Å². The number of fused-ring (bicyclic) bond motifs is 1. The first kappa shape index (κ1) is 11.5. The summed E-state index contributed by atoms with van der Waals surface area (Å²) in [5, 5.41) is 13.6. The molecule has 1 heterocycles. The van der Waals surface area contributed by atoms with Crippen LogP contribution in [0.3, 0.4) is 0 Å². The van der Waals surface area contributed by atoms with Gasteiger partial charge in [-0.05, 0) is 17.7 Å². The third kappa shape index (κ3) is 2.47. The number of hydrogen-bond acceptors (Lipinski definition) is 4. The number of anilines is 2. The predicted molar refractivity (Wildman–Crippen MR) is 77.7 cm³/mol. The van der Waals surface area contributed by atoms with E-state index >= 15 is 0 Å². The molecule has 3 rings (SSSR count). The quantitative estimate of drug-likeness (QED) is 0.702. The zero-order valence-corrected chi connectivity index (χ0v) is 10.4. The van der Waals surface area contributed by atoms with Crippen molar-refractivity contribution in [1.82, 2.24) is 10.2 Å². The van der Waals surface area contributed by atoms with Crippen LogP contribution in [0.25, 0.3) is 10.8 Å². The SMILES string of the molecule is Nc1cccc(CNc2nncc3ccccc23)c1. The first-order chi connectivity index (χ1) is 9.33. The molecule has 3 aromatic rings. The third-order valence-corrected chi connectivity index (χ3v) is 2.98. The number of nitrogens with zero attached hydrogens (tertiary/aromatic N) is 2. The second-order valence-electron chi connectivity index (χ2n) is 4.38. The summed E-state index contributed by atoms with van der Waals surface area (Å²) >= 11 is 0. The van der Waals surface area contributed by atoms with Gasteiger partial charge in [0.25, 0.3) is 0 Å². The van der Waals surface area contributed by atoms with Crippen molar-refractivity contribution in [2.24, 2.45) is 0 Å². The highest BCUT2D eigenvalue weighted by atomic mass is 15.2. The van der Waals surface area contributed by atoms with Crippen molar-refractivity contribution in [3.8, 4) is 0 Å². The molecule has 0 aliphatic heterocycles. The van der Waals surface area contributed by atoms with Crippen LogP contribution in [0.1, 0.15) is 5.56 Å². The zero-order valence-electron chi connectivity index (χ0n) is 10.4. The lowest BCUT2D eigenvalue weighted by Gasteiger charge is -2.08. The molecule has 0 atom stereocenters. The Morgan fingerprint density at radius 1 is 1.05 bits per heavy atom. The molecular weight excluding hydrogens is 236 g/mol. The second kappa shape index (κ2) is 4.94. The van der Waals surface area contributed by atoms with Gasteiger partial charge in [0.1, 0.15) is 0 Å². The maximum absolute atomic E-state index is 5.76. The summed E-state index contributed by atoms with van der Waals surface area (Å²) in [6.07, 6.45) is 1.76. The van der Waals surface area contributed by atoms with Gasteiger partial charge >= 0.3 is 0 Å². The Hall–Kier alpha value is -2.62.